The number of carbonyl (C=O) groups excluding carboxylic acids is 1. The van der Waals surface area contributed by atoms with Crippen LogP contribution in [0.5, 0.6) is 0 Å². The average molecular weight is 307 g/mol. The molecule has 0 aliphatic carbocycles. The van der Waals surface area contributed by atoms with Gasteiger partial charge in [-0.1, -0.05) is 18.2 Å². The van der Waals surface area contributed by atoms with Crippen LogP contribution in [-0.4, -0.2) is 42.8 Å². The summed E-state index contributed by atoms with van der Waals surface area (Å²) in [7, 11) is 0. The van der Waals surface area contributed by atoms with Crippen molar-refractivity contribution in [3.63, 3.8) is 0 Å². The van der Waals surface area contributed by atoms with E-state index in [0.29, 0.717) is 25.4 Å². The number of aliphatic carboxylic acids is 1. The van der Waals surface area contributed by atoms with Crippen LogP contribution in [0.2, 0.25) is 0 Å². The van der Waals surface area contributed by atoms with Gasteiger partial charge in [-0.2, -0.15) is 0 Å². The molecular weight excluding hydrogens is 286 g/mol. The van der Waals surface area contributed by atoms with Gasteiger partial charge in [0, 0.05) is 25.3 Å². The molecule has 1 amide bonds. The maximum atomic E-state index is 12.1. The predicted molar refractivity (Wildman–Crippen MR) is 79.7 cm³/mol. The highest BCUT2D eigenvalue weighted by Crippen LogP contribution is 2.16. The molecule has 1 saturated heterocycles. The van der Waals surface area contributed by atoms with E-state index in [-0.39, 0.29) is 25.0 Å². The molecule has 0 unspecified atom stereocenters. The number of amides is 1. The first kappa shape index (κ1) is 16.5. The van der Waals surface area contributed by atoms with Crippen molar-refractivity contribution in [1.29, 1.82) is 0 Å². The van der Waals surface area contributed by atoms with E-state index in [1.54, 1.807) is 12.1 Å². The Morgan fingerprint density at radius 1 is 1.27 bits per heavy atom. The lowest BCUT2D eigenvalue weighted by atomic mass is 10.1. The minimum Gasteiger partial charge on any atom is -0.481 e. The molecule has 0 atom stereocenters. The molecule has 1 aliphatic rings. The summed E-state index contributed by atoms with van der Waals surface area (Å²) in [6, 6.07) is 7.21. The van der Waals surface area contributed by atoms with Crippen molar-refractivity contribution >= 4 is 11.9 Å². The average Bonchev–Trinajstić information content (AvgIpc) is 2.54. The van der Waals surface area contributed by atoms with E-state index in [1.807, 2.05) is 12.1 Å². The highest BCUT2D eigenvalue weighted by Gasteiger charge is 2.16. The number of hydrogen-bond donors (Lipinski definition) is 2. The largest absolute Gasteiger partial charge is 0.481 e. The second kappa shape index (κ2) is 8.51. The molecule has 0 saturated carbocycles. The smallest absolute Gasteiger partial charge is 0.305 e. The van der Waals surface area contributed by atoms with Gasteiger partial charge in [0.1, 0.15) is 0 Å². The van der Waals surface area contributed by atoms with Crippen molar-refractivity contribution in [3.05, 3.63) is 35.4 Å². The third-order valence-corrected chi connectivity index (χ3v) is 3.53. The standard InChI is InChI=1S/C16H21NO5/c18-15(19)5-8-17-16(20)14-4-2-1-3-12(14)11-22-13-6-9-21-10-7-13/h1-4,13H,5-11H2,(H,17,20)(H,18,19). The van der Waals surface area contributed by atoms with Gasteiger partial charge in [-0.15, -0.1) is 0 Å². The fourth-order valence-electron chi connectivity index (χ4n) is 2.30. The quantitative estimate of drug-likeness (QED) is 0.799. The van der Waals surface area contributed by atoms with Gasteiger partial charge >= 0.3 is 5.97 Å². The monoisotopic (exact) mass is 307 g/mol. The van der Waals surface area contributed by atoms with Gasteiger partial charge in [0.25, 0.3) is 5.91 Å². The Morgan fingerprint density at radius 2 is 2.00 bits per heavy atom. The number of carbonyl (C=O) groups is 2. The minimum atomic E-state index is -0.934. The molecule has 0 aromatic heterocycles. The van der Waals surface area contributed by atoms with Gasteiger partial charge < -0.3 is 19.9 Å². The molecule has 1 fully saturated rings. The topological polar surface area (TPSA) is 84.9 Å². The second-order valence-electron chi connectivity index (χ2n) is 5.18. The molecule has 2 N–H and O–H groups in total. The van der Waals surface area contributed by atoms with Gasteiger partial charge in [-0.3, -0.25) is 9.59 Å². The Hall–Kier alpha value is -1.92. The molecule has 1 aliphatic heterocycles. The van der Waals surface area contributed by atoms with Crippen molar-refractivity contribution < 1.29 is 24.2 Å². The van der Waals surface area contributed by atoms with Crippen LogP contribution in [0.3, 0.4) is 0 Å². The van der Waals surface area contributed by atoms with Crippen molar-refractivity contribution in [1.82, 2.24) is 5.32 Å². The summed E-state index contributed by atoms with van der Waals surface area (Å²) in [6.07, 6.45) is 1.81. The SMILES string of the molecule is O=C(O)CCNC(=O)c1ccccc1COC1CCOCC1. The van der Waals surface area contributed by atoms with Crippen LogP contribution in [0.1, 0.15) is 35.2 Å². The molecule has 0 bridgehead atoms. The Bertz CT molecular complexity index is 511. The van der Waals surface area contributed by atoms with E-state index < -0.39 is 5.97 Å². The molecule has 1 aromatic rings. The zero-order valence-corrected chi connectivity index (χ0v) is 12.4. The van der Waals surface area contributed by atoms with Gasteiger partial charge in [0.05, 0.1) is 19.1 Å². The number of rotatable bonds is 7. The van der Waals surface area contributed by atoms with Crippen LogP contribution in [0.4, 0.5) is 0 Å². The number of nitrogens with one attached hydrogen (secondary N) is 1. The Labute approximate surface area is 129 Å². The van der Waals surface area contributed by atoms with Crippen molar-refractivity contribution in [2.75, 3.05) is 19.8 Å². The van der Waals surface area contributed by atoms with Gasteiger partial charge in [0.15, 0.2) is 0 Å². The van der Waals surface area contributed by atoms with E-state index in [4.69, 9.17) is 14.6 Å². The Balaban J connectivity index is 1.90. The number of carboxylic acids is 1. The van der Waals surface area contributed by atoms with Gasteiger partial charge in [-0.25, -0.2) is 0 Å². The molecule has 6 heteroatoms. The van der Waals surface area contributed by atoms with Crippen LogP contribution in [-0.2, 0) is 20.9 Å². The molecule has 22 heavy (non-hydrogen) atoms. The lowest BCUT2D eigenvalue weighted by molar-refractivity contribution is -0.136. The van der Waals surface area contributed by atoms with Crippen LogP contribution < -0.4 is 5.32 Å². The third-order valence-electron chi connectivity index (χ3n) is 3.53. The van der Waals surface area contributed by atoms with Crippen LogP contribution >= 0.6 is 0 Å². The summed E-state index contributed by atoms with van der Waals surface area (Å²) in [6.45, 7) is 1.90. The van der Waals surface area contributed by atoms with Crippen molar-refractivity contribution in [2.45, 2.75) is 32.0 Å². The summed E-state index contributed by atoms with van der Waals surface area (Å²) >= 11 is 0. The summed E-state index contributed by atoms with van der Waals surface area (Å²) in [4.78, 5) is 22.6. The summed E-state index contributed by atoms with van der Waals surface area (Å²) in [5, 5.41) is 11.2. The molecule has 6 nitrogen and oxygen atoms in total. The first-order valence-corrected chi connectivity index (χ1v) is 7.44. The second-order valence-corrected chi connectivity index (χ2v) is 5.18. The Morgan fingerprint density at radius 3 is 2.73 bits per heavy atom. The third kappa shape index (κ3) is 5.13. The van der Waals surface area contributed by atoms with Crippen molar-refractivity contribution in [3.8, 4) is 0 Å². The lowest BCUT2D eigenvalue weighted by Crippen LogP contribution is -2.27. The van der Waals surface area contributed by atoms with Crippen LogP contribution in [0, 0.1) is 0 Å². The Kier molecular flexibility index (Phi) is 6.36. The molecule has 2 rings (SSSR count). The van der Waals surface area contributed by atoms with Crippen LogP contribution in [0.25, 0.3) is 0 Å². The van der Waals surface area contributed by atoms with E-state index in [2.05, 4.69) is 5.32 Å². The molecule has 1 heterocycles. The molecule has 120 valence electrons. The van der Waals surface area contributed by atoms with E-state index in [0.717, 1.165) is 18.4 Å². The zero-order chi connectivity index (χ0) is 15.8. The zero-order valence-electron chi connectivity index (χ0n) is 12.4. The first-order valence-electron chi connectivity index (χ1n) is 7.44. The maximum absolute atomic E-state index is 12.1. The van der Waals surface area contributed by atoms with E-state index >= 15 is 0 Å². The van der Waals surface area contributed by atoms with E-state index in [1.165, 1.54) is 0 Å². The molecule has 0 radical (unpaired) electrons. The van der Waals surface area contributed by atoms with E-state index in [9.17, 15) is 9.59 Å². The summed E-state index contributed by atoms with van der Waals surface area (Å²) < 4.78 is 11.1. The molecule has 0 spiro atoms. The number of ether oxygens (including phenoxy) is 2. The number of carboxylic acid groups (broad SMARTS) is 1. The predicted octanol–water partition coefficient (Wildman–Crippen LogP) is 1.59. The van der Waals surface area contributed by atoms with Gasteiger partial charge in [-0.05, 0) is 24.5 Å². The fraction of sp³-hybridized carbons (Fsp3) is 0.500. The minimum absolute atomic E-state index is 0.0908. The highest BCUT2D eigenvalue weighted by atomic mass is 16.5. The lowest BCUT2D eigenvalue weighted by Gasteiger charge is -2.22. The van der Waals surface area contributed by atoms with Crippen molar-refractivity contribution in [2.24, 2.45) is 0 Å². The molecule has 1 aromatic carbocycles. The summed E-state index contributed by atoms with van der Waals surface area (Å²) in [5.41, 5.74) is 1.33. The molecular formula is C16H21NO5. The number of benzene rings is 1. The normalized spacial score (nSPS) is 15.5. The summed E-state index contributed by atoms with van der Waals surface area (Å²) in [5.74, 6) is -1.20. The first-order chi connectivity index (χ1) is 10.7. The highest BCUT2D eigenvalue weighted by molar-refractivity contribution is 5.95. The number of hydrogen-bond acceptors (Lipinski definition) is 4. The fourth-order valence-corrected chi connectivity index (χ4v) is 2.30. The van der Waals surface area contributed by atoms with Crippen LogP contribution in [0.15, 0.2) is 24.3 Å². The maximum Gasteiger partial charge on any atom is 0.305 e. The van der Waals surface area contributed by atoms with Gasteiger partial charge in [0.2, 0.25) is 0 Å².